The summed E-state index contributed by atoms with van der Waals surface area (Å²) < 4.78 is 1.88. The van der Waals surface area contributed by atoms with Crippen LogP contribution in [0.25, 0.3) is 0 Å². The van der Waals surface area contributed by atoms with Crippen LogP contribution in [0.15, 0.2) is 30.6 Å². The van der Waals surface area contributed by atoms with Gasteiger partial charge in [-0.2, -0.15) is 0 Å². The van der Waals surface area contributed by atoms with Crippen molar-refractivity contribution in [1.29, 1.82) is 5.26 Å². The van der Waals surface area contributed by atoms with Gasteiger partial charge in [0.25, 0.3) is 0 Å². The molecule has 0 aliphatic rings. The number of nitriles is 1. The van der Waals surface area contributed by atoms with Crippen molar-refractivity contribution >= 4 is 0 Å². The van der Waals surface area contributed by atoms with Crippen LogP contribution in [0.5, 0.6) is 0 Å². The summed E-state index contributed by atoms with van der Waals surface area (Å²) in [6.45, 7) is 0. The van der Waals surface area contributed by atoms with Crippen molar-refractivity contribution in [2.24, 2.45) is 0 Å². The Morgan fingerprint density at radius 2 is 1.60 bits per heavy atom. The van der Waals surface area contributed by atoms with Crippen LogP contribution in [0, 0.1) is 9.93 Å². The molecule has 0 saturated heterocycles. The van der Waals surface area contributed by atoms with Gasteiger partial charge in [-0.1, -0.05) is 6.07 Å². The smallest absolute Gasteiger partial charge is 0.0267 e. The maximum Gasteiger partial charge on any atom is 0.0267 e. The predicted octanol–water partition coefficient (Wildman–Crippen LogP) is -1.90. The minimum Gasteiger partial charge on any atom is -1.00 e. The second-order valence-electron chi connectivity index (χ2n) is 1.18. The summed E-state index contributed by atoms with van der Waals surface area (Å²) in [4.78, 5) is 3.78. The quantitative estimate of drug-likeness (QED) is 0.504. The van der Waals surface area contributed by atoms with E-state index in [2.05, 4.69) is 4.98 Å². The summed E-state index contributed by atoms with van der Waals surface area (Å²) in [5.74, 6) is 0. The van der Waals surface area contributed by atoms with Crippen molar-refractivity contribution in [1.82, 2.24) is 4.98 Å². The number of hydrogen-bond acceptors (Lipinski definition) is 2. The van der Waals surface area contributed by atoms with Gasteiger partial charge < -0.3 is 17.0 Å². The molecule has 0 aromatic carbocycles. The van der Waals surface area contributed by atoms with Gasteiger partial charge in [-0.15, -0.1) is 0 Å². The molecular formula is C6H5BrN2Zn. The summed E-state index contributed by atoms with van der Waals surface area (Å²) >= 11 is 0.750. The zero-order valence-corrected chi connectivity index (χ0v) is 9.92. The van der Waals surface area contributed by atoms with E-state index in [-0.39, 0.29) is 17.0 Å². The maximum atomic E-state index is 7.38. The SMILES string of the molecule is N#[C][Zn+].[Br-].c1ccncc1. The molecule has 0 radical (unpaired) electrons. The van der Waals surface area contributed by atoms with Crippen molar-refractivity contribution in [3.05, 3.63) is 30.6 Å². The van der Waals surface area contributed by atoms with E-state index in [1.807, 2.05) is 22.9 Å². The van der Waals surface area contributed by atoms with Crippen molar-refractivity contribution in [2.75, 3.05) is 0 Å². The van der Waals surface area contributed by atoms with Crippen molar-refractivity contribution in [2.45, 2.75) is 0 Å². The molecule has 1 aromatic rings. The van der Waals surface area contributed by atoms with E-state index in [1.165, 1.54) is 0 Å². The molecule has 1 heterocycles. The normalized spacial score (nSPS) is 5.70. The van der Waals surface area contributed by atoms with E-state index >= 15 is 0 Å². The van der Waals surface area contributed by atoms with Crippen LogP contribution < -0.4 is 17.0 Å². The van der Waals surface area contributed by atoms with Gasteiger partial charge in [0, 0.05) is 12.4 Å². The zero-order chi connectivity index (χ0) is 6.95. The van der Waals surface area contributed by atoms with Crippen LogP contribution in [0.3, 0.4) is 0 Å². The Balaban J connectivity index is 0. The van der Waals surface area contributed by atoms with Crippen LogP contribution in [0.1, 0.15) is 0 Å². The first kappa shape index (κ1) is 12.4. The average molecular weight is 250 g/mol. The van der Waals surface area contributed by atoms with Crippen LogP contribution in [0.4, 0.5) is 0 Å². The molecule has 0 bridgehead atoms. The van der Waals surface area contributed by atoms with Gasteiger partial charge in [0.05, 0.1) is 0 Å². The second-order valence-corrected chi connectivity index (χ2v) is 1.85. The van der Waals surface area contributed by atoms with E-state index in [0.29, 0.717) is 0 Å². The molecule has 4 heteroatoms. The van der Waals surface area contributed by atoms with Crippen molar-refractivity contribution in [3.8, 4) is 4.66 Å². The number of halogens is 1. The third-order valence-electron chi connectivity index (χ3n) is 0.566. The molecular weight excluding hydrogens is 245 g/mol. The molecule has 0 saturated carbocycles. The van der Waals surface area contributed by atoms with E-state index in [0.717, 1.165) is 18.3 Å². The molecule has 0 amide bonds. The Morgan fingerprint density at radius 3 is 1.70 bits per heavy atom. The fraction of sp³-hybridized carbons (Fsp3) is 0. The van der Waals surface area contributed by atoms with Crippen molar-refractivity contribution < 1.29 is 35.3 Å². The Morgan fingerprint density at radius 1 is 1.20 bits per heavy atom. The molecule has 0 unspecified atom stereocenters. The number of hydrogen-bond donors (Lipinski definition) is 0. The predicted molar refractivity (Wildman–Crippen MR) is 29.8 cm³/mol. The van der Waals surface area contributed by atoms with Crippen LogP contribution in [-0.4, -0.2) is 4.98 Å². The number of rotatable bonds is 0. The Hall–Kier alpha value is -0.257. The van der Waals surface area contributed by atoms with Crippen LogP contribution in [-0.2, 0) is 18.3 Å². The minimum absolute atomic E-state index is 0. The molecule has 2 nitrogen and oxygen atoms in total. The third-order valence-corrected chi connectivity index (χ3v) is 0.566. The molecule has 0 aliphatic heterocycles. The molecule has 0 atom stereocenters. The van der Waals surface area contributed by atoms with Gasteiger partial charge >= 0.3 is 28.2 Å². The molecule has 1 rings (SSSR count). The topological polar surface area (TPSA) is 36.7 Å². The summed E-state index contributed by atoms with van der Waals surface area (Å²) in [5, 5.41) is 7.38. The summed E-state index contributed by atoms with van der Waals surface area (Å²) in [6, 6.07) is 5.72. The molecule has 0 N–H and O–H groups in total. The van der Waals surface area contributed by atoms with E-state index in [4.69, 9.17) is 5.26 Å². The van der Waals surface area contributed by atoms with Crippen LogP contribution >= 0.6 is 0 Å². The first-order valence-electron chi connectivity index (χ1n) is 2.43. The number of aromatic nitrogens is 1. The Bertz CT molecular complexity index is 146. The van der Waals surface area contributed by atoms with Gasteiger partial charge in [0.1, 0.15) is 0 Å². The fourth-order valence-corrected chi connectivity index (χ4v) is 0.313. The van der Waals surface area contributed by atoms with E-state index in [1.54, 1.807) is 12.4 Å². The van der Waals surface area contributed by atoms with E-state index in [9.17, 15) is 0 Å². The molecule has 0 fully saturated rings. The van der Waals surface area contributed by atoms with Crippen LogP contribution in [0.2, 0.25) is 0 Å². The second kappa shape index (κ2) is 11.5. The standard InChI is InChI=1S/C5H5N.CN.BrH.Zn/c1-2-4-6-5-3-1;1-2;;/h1-5H;;1H;/q;;;+1/p-1. The molecule has 10 heavy (non-hydrogen) atoms. The molecule has 48 valence electrons. The first-order valence-corrected chi connectivity index (χ1v) is 3.91. The summed E-state index contributed by atoms with van der Waals surface area (Å²) in [5.41, 5.74) is 0. The minimum atomic E-state index is 0. The Kier molecular flexibility index (Phi) is 14.3. The molecule has 0 aliphatic carbocycles. The average Bonchev–Trinajstić information content (AvgIpc) is 1.93. The first-order chi connectivity index (χ1) is 4.41. The number of pyridine rings is 1. The van der Waals surface area contributed by atoms with E-state index < -0.39 is 0 Å². The number of nitrogens with zero attached hydrogens (tertiary/aromatic N) is 2. The molecule has 0 spiro atoms. The Labute approximate surface area is 80.7 Å². The fourth-order valence-electron chi connectivity index (χ4n) is 0.313. The van der Waals surface area contributed by atoms with Gasteiger partial charge in [0.2, 0.25) is 0 Å². The van der Waals surface area contributed by atoms with Gasteiger partial charge in [-0.25, -0.2) is 0 Å². The summed E-state index contributed by atoms with van der Waals surface area (Å²) in [7, 11) is 0. The zero-order valence-electron chi connectivity index (χ0n) is 5.37. The monoisotopic (exact) mass is 248 g/mol. The van der Waals surface area contributed by atoms with Gasteiger partial charge in [-0.05, 0) is 12.1 Å². The molecule has 1 aromatic heterocycles. The van der Waals surface area contributed by atoms with Crippen molar-refractivity contribution in [3.63, 3.8) is 0 Å². The summed E-state index contributed by atoms with van der Waals surface area (Å²) in [6.07, 6.45) is 3.50. The largest absolute Gasteiger partial charge is 1.00 e. The maximum absolute atomic E-state index is 7.38. The van der Waals surface area contributed by atoms with Gasteiger partial charge in [0.15, 0.2) is 0 Å². The van der Waals surface area contributed by atoms with Gasteiger partial charge in [-0.3, -0.25) is 4.98 Å². The third kappa shape index (κ3) is 10.7.